The standard InChI is InChI=1S/C55H97NO7/c1-6-8-10-12-14-16-18-20-22-24-26-27-28-30-32-34-36-38-40-42-44-46-54(58)63-51(49-61-48-47-52(55(59)60)56(3,4)5)50-62-53(57)45-43-41-39-37-35-33-31-29-25-23-21-19-17-15-13-11-9-7-2/h8,10,14,16,20,22-23,25,29,31,51-52H,6-7,9,11-13,15,17-19,21,24,26-28,30,32-50H2,1-5H3/b10-8+,16-14+,22-20+,25-23+,31-29+. The molecule has 0 rings (SSSR count). The Kier molecular flexibility index (Phi) is 43.4. The highest BCUT2D eigenvalue weighted by atomic mass is 16.6. The molecule has 8 nitrogen and oxygen atoms in total. The zero-order valence-corrected chi connectivity index (χ0v) is 41.5. The van der Waals surface area contributed by atoms with E-state index < -0.39 is 18.1 Å². The first-order chi connectivity index (χ1) is 30.6. The number of rotatable bonds is 46. The molecule has 2 atom stereocenters. The van der Waals surface area contributed by atoms with Crippen molar-refractivity contribution in [1.29, 1.82) is 0 Å². The van der Waals surface area contributed by atoms with Crippen LogP contribution in [0.1, 0.15) is 219 Å². The van der Waals surface area contributed by atoms with Crippen molar-refractivity contribution in [1.82, 2.24) is 0 Å². The third kappa shape index (κ3) is 44.0. The van der Waals surface area contributed by atoms with E-state index in [2.05, 4.69) is 74.6 Å². The Morgan fingerprint density at radius 3 is 1.41 bits per heavy atom. The van der Waals surface area contributed by atoms with Crippen LogP contribution in [0.4, 0.5) is 0 Å². The fraction of sp³-hybridized carbons (Fsp3) is 0.764. The summed E-state index contributed by atoms with van der Waals surface area (Å²) in [6.45, 7) is 4.55. The van der Waals surface area contributed by atoms with E-state index in [1.54, 1.807) is 21.1 Å². The van der Waals surface area contributed by atoms with Crippen LogP contribution in [0.25, 0.3) is 0 Å². The van der Waals surface area contributed by atoms with Gasteiger partial charge in [-0.3, -0.25) is 9.59 Å². The smallest absolute Gasteiger partial charge is 0.306 e. The van der Waals surface area contributed by atoms with Crippen LogP contribution in [-0.4, -0.2) is 75.5 Å². The summed E-state index contributed by atoms with van der Waals surface area (Å²) < 4.78 is 17.2. The molecule has 0 aromatic heterocycles. The van der Waals surface area contributed by atoms with Gasteiger partial charge in [-0.25, -0.2) is 0 Å². The summed E-state index contributed by atoms with van der Waals surface area (Å²) in [6.07, 6.45) is 56.8. The van der Waals surface area contributed by atoms with Crippen LogP contribution in [0.3, 0.4) is 0 Å². The van der Waals surface area contributed by atoms with E-state index in [1.165, 1.54) is 109 Å². The average molecular weight is 884 g/mol. The highest BCUT2D eigenvalue weighted by Gasteiger charge is 2.25. The Bertz CT molecular complexity index is 1210. The number of unbranched alkanes of at least 4 members (excludes halogenated alkanes) is 23. The number of quaternary nitrogens is 1. The minimum Gasteiger partial charge on any atom is -0.544 e. The van der Waals surface area contributed by atoms with Crippen molar-refractivity contribution < 1.29 is 38.2 Å². The van der Waals surface area contributed by atoms with Gasteiger partial charge in [-0.05, 0) is 70.6 Å². The molecule has 63 heavy (non-hydrogen) atoms. The quantitative estimate of drug-likeness (QED) is 0.0197. The number of aliphatic carboxylic acids is 1. The van der Waals surface area contributed by atoms with Crippen LogP contribution < -0.4 is 5.11 Å². The Labute approximate surface area is 388 Å². The summed E-state index contributed by atoms with van der Waals surface area (Å²) in [6, 6.07) is -0.731. The number of nitrogens with zero attached hydrogens (tertiary/aromatic N) is 1. The van der Waals surface area contributed by atoms with Crippen molar-refractivity contribution >= 4 is 17.9 Å². The molecule has 2 unspecified atom stereocenters. The molecule has 0 aliphatic heterocycles. The van der Waals surface area contributed by atoms with Crippen LogP contribution in [0.2, 0.25) is 0 Å². The molecule has 0 heterocycles. The summed E-state index contributed by atoms with van der Waals surface area (Å²) in [5.74, 6) is -1.75. The molecule has 0 saturated heterocycles. The van der Waals surface area contributed by atoms with Crippen molar-refractivity contribution in [3.63, 3.8) is 0 Å². The zero-order valence-electron chi connectivity index (χ0n) is 41.5. The number of likely N-dealkylation sites (N-methyl/N-ethyl adjacent to an activating group) is 1. The molecule has 0 aromatic rings. The molecule has 0 fully saturated rings. The number of allylic oxidation sites excluding steroid dienone is 10. The minimum atomic E-state index is -1.13. The lowest BCUT2D eigenvalue weighted by atomic mass is 10.0. The first-order valence-corrected chi connectivity index (χ1v) is 25.8. The van der Waals surface area contributed by atoms with E-state index >= 15 is 0 Å². The van der Waals surface area contributed by atoms with Crippen LogP contribution in [0.5, 0.6) is 0 Å². The van der Waals surface area contributed by atoms with Crippen molar-refractivity contribution in [2.45, 2.75) is 231 Å². The van der Waals surface area contributed by atoms with E-state index in [4.69, 9.17) is 14.2 Å². The van der Waals surface area contributed by atoms with Gasteiger partial charge in [0.25, 0.3) is 0 Å². The van der Waals surface area contributed by atoms with E-state index in [0.717, 1.165) is 77.0 Å². The molecule has 0 aliphatic carbocycles. The Morgan fingerprint density at radius 2 is 0.937 bits per heavy atom. The van der Waals surface area contributed by atoms with Gasteiger partial charge in [-0.2, -0.15) is 0 Å². The topological polar surface area (TPSA) is 102 Å². The molecule has 364 valence electrons. The number of hydrogen-bond donors (Lipinski definition) is 0. The number of ether oxygens (including phenoxy) is 3. The van der Waals surface area contributed by atoms with Gasteiger partial charge < -0.3 is 28.6 Å². The molecule has 0 amide bonds. The lowest BCUT2D eigenvalue weighted by Gasteiger charge is -2.34. The van der Waals surface area contributed by atoms with E-state index in [9.17, 15) is 19.5 Å². The summed E-state index contributed by atoms with van der Waals surface area (Å²) in [5, 5.41) is 11.7. The lowest BCUT2D eigenvalue weighted by molar-refractivity contribution is -0.889. The van der Waals surface area contributed by atoms with Crippen LogP contribution >= 0.6 is 0 Å². The lowest BCUT2D eigenvalue weighted by Crippen LogP contribution is -2.55. The summed E-state index contributed by atoms with van der Waals surface area (Å²) >= 11 is 0. The second-order valence-electron chi connectivity index (χ2n) is 18.4. The maximum absolute atomic E-state index is 12.8. The Morgan fingerprint density at radius 1 is 0.508 bits per heavy atom. The monoisotopic (exact) mass is 884 g/mol. The first kappa shape index (κ1) is 60.0. The van der Waals surface area contributed by atoms with E-state index in [1.807, 2.05) is 0 Å². The van der Waals surface area contributed by atoms with Gasteiger partial charge >= 0.3 is 11.9 Å². The van der Waals surface area contributed by atoms with Gasteiger partial charge in [0.15, 0.2) is 6.10 Å². The summed E-state index contributed by atoms with van der Waals surface area (Å²) in [7, 11) is 5.41. The largest absolute Gasteiger partial charge is 0.544 e. The number of carboxylic acids is 1. The van der Waals surface area contributed by atoms with E-state index in [0.29, 0.717) is 12.8 Å². The van der Waals surface area contributed by atoms with Crippen LogP contribution in [-0.2, 0) is 28.6 Å². The SMILES string of the molecule is CC/C=C/C/C=C/C/C=C/CCCCCCCCCCCCCC(=O)OC(COCCC(C(=O)[O-])[N+](C)(C)C)COC(=O)CCCCCCC/C=C/C=C/CCCCCCCCC. The summed E-state index contributed by atoms with van der Waals surface area (Å²) in [5.41, 5.74) is 0. The Balaban J connectivity index is 4.27. The van der Waals surface area contributed by atoms with Crippen LogP contribution in [0.15, 0.2) is 60.8 Å². The molecule has 0 spiro atoms. The van der Waals surface area contributed by atoms with Gasteiger partial charge in [0.1, 0.15) is 12.6 Å². The fourth-order valence-corrected chi connectivity index (χ4v) is 7.43. The third-order valence-electron chi connectivity index (χ3n) is 11.4. The summed E-state index contributed by atoms with van der Waals surface area (Å²) in [4.78, 5) is 37.0. The first-order valence-electron chi connectivity index (χ1n) is 25.8. The normalized spacial score (nSPS) is 13.3. The van der Waals surface area contributed by atoms with Gasteiger partial charge in [-0.15, -0.1) is 0 Å². The second-order valence-corrected chi connectivity index (χ2v) is 18.4. The van der Waals surface area contributed by atoms with Crippen molar-refractivity contribution in [3.8, 4) is 0 Å². The third-order valence-corrected chi connectivity index (χ3v) is 11.4. The van der Waals surface area contributed by atoms with Crippen molar-refractivity contribution in [2.24, 2.45) is 0 Å². The van der Waals surface area contributed by atoms with Gasteiger partial charge in [0, 0.05) is 19.3 Å². The van der Waals surface area contributed by atoms with Gasteiger partial charge in [0.2, 0.25) is 0 Å². The van der Waals surface area contributed by atoms with Gasteiger partial charge in [-0.1, -0.05) is 190 Å². The number of carbonyl (C=O) groups is 3. The molecule has 0 N–H and O–H groups in total. The maximum Gasteiger partial charge on any atom is 0.306 e. The molecule has 8 heteroatoms. The number of carbonyl (C=O) groups excluding carboxylic acids is 3. The molecular weight excluding hydrogens is 787 g/mol. The fourth-order valence-electron chi connectivity index (χ4n) is 7.43. The highest BCUT2D eigenvalue weighted by Crippen LogP contribution is 2.15. The molecule has 0 aromatic carbocycles. The maximum atomic E-state index is 12.8. The number of carboxylic acid groups (broad SMARTS) is 1. The van der Waals surface area contributed by atoms with Crippen LogP contribution in [0, 0.1) is 0 Å². The van der Waals surface area contributed by atoms with Crippen molar-refractivity contribution in [2.75, 3.05) is 41.0 Å². The molecule has 0 radical (unpaired) electrons. The average Bonchev–Trinajstić information content (AvgIpc) is 3.24. The van der Waals surface area contributed by atoms with Gasteiger partial charge in [0.05, 0.1) is 40.3 Å². The zero-order chi connectivity index (χ0) is 46.3. The molecular formula is C55H97NO7. The molecule has 0 bridgehead atoms. The Hall–Kier alpha value is -2.97. The predicted octanol–water partition coefficient (Wildman–Crippen LogP) is 13.6. The van der Waals surface area contributed by atoms with E-state index in [-0.39, 0.29) is 42.7 Å². The molecule has 0 saturated carbocycles. The molecule has 0 aliphatic rings. The second kappa shape index (κ2) is 45.6. The predicted molar refractivity (Wildman–Crippen MR) is 263 cm³/mol. The number of hydrogen-bond acceptors (Lipinski definition) is 7. The highest BCUT2D eigenvalue weighted by molar-refractivity contribution is 5.70. The minimum absolute atomic E-state index is 0.0336. The van der Waals surface area contributed by atoms with Crippen molar-refractivity contribution in [3.05, 3.63) is 60.8 Å². The number of esters is 2.